The summed E-state index contributed by atoms with van der Waals surface area (Å²) in [5.74, 6) is 0.753. The first-order valence-electron chi connectivity index (χ1n) is 7.00. The molecule has 0 spiro atoms. The van der Waals surface area contributed by atoms with Crippen molar-refractivity contribution in [2.75, 3.05) is 10.6 Å². The summed E-state index contributed by atoms with van der Waals surface area (Å²) in [5.41, 5.74) is 2.26. The first-order chi connectivity index (χ1) is 11.1. The van der Waals surface area contributed by atoms with Crippen molar-refractivity contribution < 1.29 is 4.39 Å². The number of benzene rings is 2. The highest BCUT2D eigenvalue weighted by Crippen LogP contribution is 2.25. The largest absolute Gasteiger partial charge is 0.339 e. The fourth-order valence-corrected chi connectivity index (χ4v) is 2.23. The van der Waals surface area contributed by atoms with Crippen molar-refractivity contribution in [3.05, 3.63) is 71.1 Å². The van der Waals surface area contributed by atoms with Crippen LogP contribution in [0.15, 0.2) is 54.6 Å². The molecule has 2 N–H and O–H groups in total. The molecule has 6 heteroatoms. The number of nitrogens with one attached hydrogen (secondary N) is 2. The van der Waals surface area contributed by atoms with Crippen molar-refractivity contribution in [2.24, 2.45) is 0 Å². The average Bonchev–Trinajstić information content (AvgIpc) is 2.51. The van der Waals surface area contributed by atoms with Crippen molar-refractivity contribution >= 4 is 34.7 Å². The summed E-state index contributed by atoms with van der Waals surface area (Å²) in [5, 5.41) is 6.82. The molecule has 3 rings (SSSR count). The first-order valence-corrected chi connectivity index (χ1v) is 7.38. The maximum atomic E-state index is 13.0. The van der Waals surface area contributed by atoms with Gasteiger partial charge in [-0.1, -0.05) is 23.7 Å². The fourth-order valence-electron chi connectivity index (χ4n) is 2.05. The molecular formula is C17H14ClFN4. The minimum absolute atomic E-state index is 0.290. The maximum Gasteiger partial charge on any atom is 0.229 e. The molecule has 0 amide bonds. The number of anilines is 4. The highest BCUT2D eigenvalue weighted by atomic mass is 35.5. The number of nitrogens with zero attached hydrogens (tertiary/aromatic N) is 2. The number of rotatable bonds is 4. The molecule has 0 radical (unpaired) electrons. The number of halogens is 2. The Hall–Kier alpha value is -2.66. The molecule has 0 saturated carbocycles. The van der Waals surface area contributed by atoms with E-state index in [-0.39, 0.29) is 5.82 Å². The van der Waals surface area contributed by atoms with E-state index in [0.717, 1.165) is 11.4 Å². The van der Waals surface area contributed by atoms with Gasteiger partial charge in [-0.05, 0) is 43.3 Å². The molecule has 0 aliphatic carbocycles. The highest BCUT2D eigenvalue weighted by molar-refractivity contribution is 6.33. The van der Waals surface area contributed by atoms with E-state index < -0.39 is 0 Å². The molecule has 0 aliphatic rings. The molecule has 1 aromatic heterocycles. The van der Waals surface area contributed by atoms with Gasteiger partial charge in [-0.2, -0.15) is 4.98 Å². The third-order valence-electron chi connectivity index (χ3n) is 3.09. The molecule has 3 aromatic rings. The zero-order chi connectivity index (χ0) is 16.2. The van der Waals surface area contributed by atoms with E-state index in [4.69, 9.17) is 11.6 Å². The van der Waals surface area contributed by atoms with E-state index in [9.17, 15) is 4.39 Å². The van der Waals surface area contributed by atoms with E-state index in [1.165, 1.54) is 12.1 Å². The summed E-state index contributed by atoms with van der Waals surface area (Å²) in [6, 6.07) is 15.2. The monoisotopic (exact) mass is 328 g/mol. The molecule has 1 heterocycles. The Kier molecular flexibility index (Phi) is 4.39. The molecule has 2 aromatic carbocycles. The van der Waals surface area contributed by atoms with Crippen molar-refractivity contribution in [1.29, 1.82) is 0 Å². The second-order valence-electron chi connectivity index (χ2n) is 4.95. The van der Waals surface area contributed by atoms with Crippen LogP contribution in [0.5, 0.6) is 0 Å². The Labute approximate surface area is 138 Å². The lowest BCUT2D eigenvalue weighted by Gasteiger charge is -2.11. The predicted molar refractivity (Wildman–Crippen MR) is 91.2 cm³/mol. The molecule has 4 nitrogen and oxygen atoms in total. The number of hydrogen-bond donors (Lipinski definition) is 2. The van der Waals surface area contributed by atoms with Crippen LogP contribution in [0.2, 0.25) is 5.02 Å². The quantitative estimate of drug-likeness (QED) is 0.702. The van der Waals surface area contributed by atoms with Gasteiger partial charge in [0.1, 0.15) is 11.6 Å². The molecule has 0 saturated heterocycles. The van der Waals surface area contributed by atoms with Crippen LogP contribution in [0.1, 0.15) is 5.69 Å². The summed E-state index contributed by atoms with van der Waals surface area (Å²) in [6.45, 7) is 1.87. The van der Waals surface area contributed by atoms with Gasteiger partial charge >= 0.3 is 0 Å². The van der Waals surface area contributed by atoms with Gasteiger partial charge in [0.2, 0.25) is 5.95 Å². The normalized spacial score (nSPS) is 10.4. The van der Waals surface area contributed by atoms with Gasteiger partial charge < -0.3 is 10.6 Å². The van der Waals surface area contributed by atoms with Gasteiger partial charge in [-0.15, -0.1) is 0 Å². The van der Waals surface area contributed by atoms with E-state index in [1.54, 1.807) is 18.2 Å². The van der Waals surface area contributed by atoms with Crippen LogP contribution < -0.4 is 10.6 Å². The average molecular weight is 329 g/mol. The van der Waals surface area contributed by atoms with E-state index in [1.807, 2.05) is 31.2 Å². The lowest BCUT2D eigenvalue weighted by Crippen LogP contribution is -2.02. The smallest absolute Gasteiger partial charge is 0.229 e. The van der Waals surface area contributed by atoms with Crippen molar-refractivity contribution in [3.8, 4) is 0 Å². The lowest BCUT2D eigenvalue weighted by atomic mass is 10.3. The van der Waals surface area contributed by atoms with Crippen LogP contribution in [0.25, 0.3) is 0 Å². The zero-order valence-electron chi connectivity index (χ0n) is 12.3. The summed E-state index contributed by atoms with van der Waals surface area (Å²) < 4.78 is 13.0. The molecule has 0 fully saturated rings. The maximum absolute atomic E-state index is 13.0. The lowest BCUT2D eigenvalue weighted by molar-refractivity contribution is 0.628. The Morgan fingerprint density at radius 2 is 1.70 bits per heavy atom. The van der Waals surface area contributed by atoms with E-state index in [0.29, 0.717) is 22.5 Å². The number of hydrogen-bond acceptors (Lipinski definition) is 4. The molecular weight excluding hydrogens is 315 g/mol. The second kappa shape index (κ2) is 6.62. The molecule has 0 bridgehead atoms. The van der Waals surface area contributed by atoms with Crippen LogP contribution in [0.3, 0.4) is 0 Å². The van der Waals surface area contributed by atoms with Gasteiger partial charge in [-0.3, -0.25) is 0 Å². The van der Waals surface area contributed by atoms with Crippen LogP contribution in [-0.2, 0) is 0 Å². The molecule has 116 valence electrons. The van der Waals surface area contributed by atoms with E-state index >= 15 is 0 Å². The van der Waals surface area contributed by atoms with Crippen LogP contribution in [0.4, 0.5) is 27.5 Å². The van der Waals surface area contributed by atoms with Crippen molar-refractivity contribution in [3.63, 3.8) is 0 Å². The number of aryl methyl sites for hydroxylation is 1. The summed E-state index contributed by atoms with van der Waals surface area (Å²) in [4.78, 5) is 8.73. The first kappa shape index (κ1) is 15.2. The molecule has 0 aliphatic heterocycles. The standard InChI is InChI=1S/C17H14ClFN4/c1-11-10-16(22-15-5-3-2-4-14(15)18)23-17(20-11)21-13-8-6-12(19)7-9-13/h2-10H,1H3,(H2,20,21,22,23). The minimum atomic E-state index is -0.290. The molecule has 0 atom stereocenters. The van der Waals surface area contributed by atoms with Crippen molar-refractivity contribution in [1.82, 2.24) is 9.97 Å². The Morgan fingerprint density at radius 3 is 2.43 bits per heavy atom. The van der Waals surface area contributed by atoms with Crippen LogP contribution in [-0.4, -0.2) is 9.97 Å². The van der Waals surface area contributed by atoms with Crippen LogP contribution >= 0.6 is 11.6 Å². The molecule has 23 heavy (non-hydrogen) atoms. The third-order valence-corrected chi connectivity index (χ3v) is 3.42. The number of para-hydroxylation sites is 1. The van der Waals surface area contributed by atoms with E-state index in [2.05, 4.69) is 20.6 Å². The molecule has 0 unspecified atom stereocenters. The van der Waals surface area contributed by atoms with Crippen LogP contribution in [0, 0.1) is 12.7 Å². The van der Waals surface area contributed by atoms with Gasteiger partial charge in [0.15, 0.2) is 0 Å². The predicted octanol–water partition coefficient (Wildman–Crippen LogP) is 5.06. The Balaban J connectivity index is 1.84. The zero-order valence-corrected chi connectivity index (χ0v) is 13.1. The Morgan fingerprint density at radius 1 is 0.957 bits per heavy atom. The fraction of sp³-hybridized carbons (Fsp3) is 0.0588. The van der Waals surface area contributed by atoms with Crippen molar-refractivity contribution in [2.45, 2.75) is 6.92 Å². The SMILES string of the molecule is Cc1cc(Nc2ccccc2Cl)nc(Nc2ccc(F)cc2)n1. The minimum Gasteiger partial charge on any atom is -0.339 e. The van der Waals surface area contributed by atoms with Gasteiger partial charge in [-0.25, -0.2) is 9.37 Å². The summed E-state index contributed by atoms with van der Waals surface area (Å²) in [6.07, 6.45) is 0. The highest BCUT2D eigenvalue weighted by Gasteiger charge is 2.05. The summed E-state index contributed by atoms with van der Waals surface area (Å²) in [7, 11) is 0. The summed E-state index contributed by atoms with van der Waals surface area (Å²) >= 11 is 6.14. The Bertz CT molecular complexity index is 821. The van der Waals surface area contributed by atoms with Gasteiger partial charge in [0.05, 0.1) is 10.7 Å². The second-order valence-corrected chi connectivity index (χ2v) is 5.36. The van der Waals surface area contributed by atoms with Gasteiger partial charge in [0, 0.05) is 17.4 Å². The topological polar surface area (TPSA) is 49.8 Å². The third kappa shape index (κ3) is 3.96. The van der Waals surface area contributed by atoms with Gasteiger partial charge in [0.25, 0.3) is 0 Å². The number of aromatic nitrogens is 2.